The SMILES string of the molecule is Cc1cc(C)c(Nc2ccc3ccccc3c2-c2c(Nc3c(C)cc(C)cc3C)ccc3ccccc23)c(C)c1. The van der Waals surface area contributed by atoms with Crippen molar-refractivity contribution in [3.05, 3.63) is 130 Å². The van der Waals surface area contributed by atoms with Gasteiger partial charge in [0.05, 0.1) is 0 Å². The van der Waals surface area contributed by atoms with Gasteiger partial charge in [-0.3, -0.25) is 0 Å². The normalized spacial score (nSPS) is 11.2. The van der Waals surface area contributed by atoms with E-state index < -0.39 is 0 Å². The quantitative estimate of drug-likeness (QED) is 0.236. The molecule has 2 N–H and O–H groups in total. The molecule has 0 unspecified atom stereocenters. The highest BCUT2D eigenvalue weighted by Crippen LogP contribution is 2.46. The molecule has 0 radical (unpaired) electrons. The Hall–Kier alpha value is -4.56. The number of hydrogen-bond acceptors (Lipinski definition) is 2. The number of fused-ring (bicyclic) bond motifs is 2. The van der Waals surface area contributed by atoms with Crippen molar-refractivity contribution in [2.75, 3.05) is 10.6 Å². The van der Waals surface area contributed by atoms with Gasteiger partial charge in [-0.05, 0) is 97.5 Å². The second kappa shape index (κ2) is 10.2. The van der Waals surface area contributed by atoms with E-state index in [0.29, 0.717) is 0 Å². The minimum Gasteiger partial charge on any atom is -0.355 e. The first-order valence-corrected chi connectivity index (χ1v) is 14.0. The van der Waals surface area contributed by atoms with Gasteiger partial charge in [-0.2, -0.15) is 0 Å². The molecule has 0 aliphatic rings. The number of rotatable bonds is 5. The van der Waals surface area contributed by atoms with Crippen LogP contribution in [0.15, 0.2) is 97.1 Å². The molecule has 0 aliphatic carbocycles. The van der Waals surface area contributed by atoms with Crippen molar-refractivity contribution < 1.29 is 0 Å². The van der Waals surface area contributed by atoms with Gasteiger partial charge in [0.15, 0.2) is 0 Å². The summed E-state index contributed by atoms with van der Waals surface area (Å²) in [5.74, 6) is 0. The molecule has 0 atom stereocenters. The number of hydrogen-bond donors (Lipinski definition) is 2. The molecule has 6 aromatic rings. The van der Waals surface area contributed by atoms with Gasteiger partial charge in [0.2, 0.25) is 0 Å². The average Bonchev–Trinajstić information content (AvgIpc) is 2.92. The maximum atomic E-state index is 3.89. The van der Waals surface area contributed by atoms with E-state index in [1.807, 2.05) is 0 Å². The van der Waals surface area contributed by atoms with E-state index in [1.54, 1.807) is 0 Å². The number of anilines is 4. The summed E-state index contributed by atoms with van der Waals surface area (Å²) in [7, 11) is 0. The van der Waals surface area contributed by atoms with Crippen molar-refractivity contribution in [1.82, 2.24) is 0 Å². The lowest BCUT2D eigenvalue weighted by molar-refractivity contribution is 1.31. The predicted molar refractivity (Wildman–Crippen MR) is 175 cm³/mol. The Balaban J connectivity index is 1.66. The third-order valence-corrected chi connectivity index (χ3v) is 7.98. The molecular weight excluding hydrogens is 484 g/mol. The van der Waals surface area contributed by atoms with Crippen molar-refractivity contribution in [2.24, 2.45) is 0 Å². The van der Waals surface area contributed by atoms with Crippen LogP contribution in [-0.4, -0.2) is 0 Å². The Labute approximate surface area is 237 Å². The second-order valence-electron chi connectivity index (χ2n) is 11.2. The van der Waals surface area contributed by atoms with Crippen LogP contribution in [0.3, 0.4) is 0 Å². The second-order valence-corrected chi connectivity index (χ2v) is 11.2. The first kappa shape index (κ1) is 25.7. The molecule has 2 heteroatoms. The third kappa shape index (κ3) is 4.60. The van der Waals surface area contributed by atoms with Crippen molar-refractivity contribution >= 4 is 44.3 Å². The highest BCUT2D eigenvalue weighted by Gasteiger charge is 2.19. The Morgan fingerprint density at radius 3 is 1.12 bits per heavy atom. The van der Waals surface area contributed by atoms with Crippen molar-refractivity contribution in [2.45, 2.75) is 41.5 Å². The standard InChI is InChI=1S/C38H36N2/c1-23-19-25(3)37(26(4)20-23)39-33-17-15-29-11-7-9-13-31(29)35(33)36-32-14-10-8-12-30(32)16-18-34(36)40-38-27(5)21-24(2)22-28(38)6/h7-22,39-40H,1-6H3. The van der Waals surface area contributed by atoms with Crippen LogP contribution in [0.1, 0.15) is 33.4 Å². The molecule has 40 heavy (non-hydrogen) atoms. The maximum absolute atomic E-state index is 3.89. The topological polar surface area (TPSA) is 24.1 Å². The van der Waals surface area contributed by atoms with Crippen LogP contribution in [0, 0.1) is 41.5 Å². The Kier molecular flexibility index (Phi) is 6.56. The van der Waals surface area contributed by atoms with Gasteiger partial charge < -0.3 is 10.6 Å². The lowest BCUT2D eigenvalue weighted by Crippen LogP contribution is -2.03. The minimum absolute atomic E-state index is 1.10. The summed E-state index contributed by atoms with van der Waals surface area (Å²) >= 11 is 0. The van der Waals surface area contributed by atoms with Gasteiger partial charge in [0, 0.05) is 33.9 Å². The molecule has 0 saturated heterocycles. The van der Waals surface area contributed by atoms with Gasteiger partial charge in [-0.15, -0.1) is 0 Å². The highest BCUT2D eigenvalue weighted by atomic mass is 14.9. The maximum Gasteiger partial charge on any atom is 0.0471 e. The van der Waals surface area contributed by atoms with Gasteiger partial charge >= 0.3 is 0 Å². The number of nitrogens with one attached hydrogen (secondary N) is 2. The van der Waals surface area contributed by atoms with E-state index in [4.69, 9.17) is 0 Å². The molecular formula is C38H36N2. The van der Waals surface area contributed by atoms with E-state index in [9.17, 15) is 0 Å². The molecule has 2 nitrogen and oxygen atoms in total. The van der Waals surface area contributed by atoms with Crippen molar-refractivity contribution in [3.8, 4) is 11.1 Å². The third-order valence-electron chi connectivity index (χ3n) is 7.98. The Morgan fingerprint density at radius 2 is 0.750 bits per heavy atom. The molecule has 0 aliphatic heterocycles. The molecule has 0 amide bonds. The summed E-state index contributed by atoms with van der Waals surface area (Å²) in [6, 6.07) is 35.4. The average molecular weight is 521 g/mol. The first-order valence-electron chi connectivity index (χ1n) is 14.0. The smallest absolute Gasteiger partial charge is 0.0471 e. The van der Waals surface area contributed by atoms with Crippen LogP contribution < -0.4 is 10.6 Å². The van der Waals surface area contributed by atoms with Crippen LogP contribution in [-0.2, 0) is 0 Å². The predicted octanol–water partition coefficient (Wildman–Crippen LogP) is 11.0. The molecule has 6 rings (SSSR count). The molecule has 198 valence electrons. The largest absolute Gasteiger partial charge is 0.355 e. The lowest BCUT2D eigenvalue weighted by Gasteiger charge is -2.23. The molecule has 6 aromatic carbocycles. The van der Waals surface area contributed by atoms with Gasteiger partial charge in [-0.1, -0.05) is 96.1 Å². The van der Waals surface area contributed by atoms with Crippen molar-refractivity contribution in [3.63, 3.8) is 0 Å². The summed E-state index contributed by atoms with van der Waals surface area (Å²) < 4.78 is 0. The summed E-state index contributed by atoms with van der Waals surface area (Å²) in [4.78, 5) is 0. The summed E-state index contributed by atoms with van der Waals surface area (Å²) in [5.41, 5.74) is 14.5. The number of benzene rings is 6. The number of aryl methyl sites for hydroxylation is 6. The summed E-state index contributed by atoms with van der Waals surface area (Å²) in [5, 5.41) is 12.7. The van der Waals surface area contributed by atoms with Gasteiger partial charge in [-0.25, -0.2) is 0 Å². The lowest BCUT2D eigenvalue weighted by atomic mass is 9.90. The highest BCUT2D eigenvalue weighted by molar-refractivity contribution is 6.14. The van der Waals surface area contributed by atoms with Crippen LogP contribution >= 0.6 is 0 Å². The van der Waals surface area contributed by atoms with Gasteiger partial charge in [0.1, 0.15) is 0 Å². The molecule has 0 spiro atoms. The minimum atomic E-state index is 1.10. The fourth-order valence-corrected chi connectivity index (χ4v) is 6.31. The van der Waals surface area contributed by atoms with E-state index in [0.717, 1.165) is 11.4 Å². The molecule has 0 heterocycles. The van der Waals surface area contributed by atoms with Crippen LogP contribution in [0.5, 0.6) is 0 Å². The zero-order valence-corrected chi connectivity index (χ0v) is 24.2. The van der Waals surface area contributed by atoms with E-state index in [2.05, 4.69) is 149 Å². The fraction of sp³-hybridized carbons (Fsp3) is 0.158. The molecule has 0 bridgehead atoms. The van der Waals surface area contributed by atoms with E-state index in [-0.39, 0.29) is 0 Å². The fourth-order valence-electron chi connectivity index (χ4n) is 6.31. The molecule has 0 saturated carbocycles. The van der Waals surface area contributed by atoms with Crippen LogP contribution in [0.25, 0.3) is 32.7 Å². The van der Waals surface area contributed by atoms with E-state index in [1.165, 1.54) is 77.4 Å². The summed E-state index contributed by atoms with van der Waals surface area (Å²) in [6.45, 7) is 13.1. The Morgan fingerprint density at radius 1 is 0.400 bits per heavy atom. The summed E-state index contributed by atoms with van der Waals surface area (Å²) in [6.07, 6.45) is 0. The molecule has 0 aromatic heterocycles. The van der Waals surface area contributed by atoms with Crippen LogP contribution in [0.2, 0.25) is 0 Å². The zero-order valence-electron chi connectivity index (χ0n) is 24.2. The van der Waals surface area contributed by atoms with Crippen molar-refractivity contribution in [1.29, 1.82) is 0 Å². The zero-order chi connectivity index (χ0) is 28.0. The molecule has 0 fully saturated rings. The monoisotopic (exact) mass is 520 g/mol. The van der Waals surface area contributed by atoms with Gasteiger partial charge in [0.25, 0.3) is 0 Å². The first-order chi connectivity index (χ1) is 19.3. The Bertz CT molecular complexity index is 1720. The van der Waals surface area contributed by atoms with E-state index >= 15 is 0 Å². The van der Waals surface area contributed by atoms with Crippen LogP contribution in [0.4, 0.5) is 22.7 Å².